The molecule has 14 heavy (non-hydrogen) atoms. The van der Waals surface area contributed by atoms with E-state index in [1.54, 1.807) is 12.2 Å². The van der Waals surface area contributed by atoms with E-state index in [1.807, 2.05) is 4.90 Å². The molecule has 1 aliphatic heterocycles. The first-order valence-electron chi connectivity index (χ1n) is 4.53. The highest BCUT2D eigenvalue weighted by Crippen LogP contribution is 2.09. The molecule has 0 spiro atoms. The predicted molar refractivity (Wildman–Crippen MR) is 52.7 cm³/mol. The van der Waals surface area contributed by atoms with E-state index in [0.717, 1.165) is 13.1 Å². The molecule has 0 aromatic carbocycles. The molecule has 1 heterocycles. The number of ether oxygens (including phenoxy) is 2. The lowest BCUT2D eigenvalue weighted by atomic mass is 10.3. The smallest absolute Gasteiger partial charge is 0.354 e. The molecule has 0 aliphatic carbocycles. The fraction of sp³-hybridized carbons (Fsp3) is 0.500. The lowest BCUT2D eigenvalue weighted by Crippen LogP contribution is -2.38. The average molecular weight is 197 g/mol. The third-order valence-corrected chi connectivity index (χ3v) is 2.02. The molecule has 4 nitrogen and oxygen atoms in total. The summed E-state index contributed by atoms with van der Waals surface area (Å²) in [4.78, 5) is 13.3. The van der Waals surface area contributed by atoms with Crippen molar-refractivity contribution in [3.8, 4) is 0 Å². The van der Waals surface area contributed by atoms with E-state index in [9.17, 15) is 4.79 Å². The fourth-order valence-electron chi connectivity index (χ4n) is 1.32. The maximum atomic E-state index is 11.4. The fourth-order valence-corrected chi connectivity index (χ4v) is 1.32. The number of hydrogen-bond acceptors (Lipinski definition) is 4. The zero-order chi connectivity index (χ0) is 10.4. The van der Waals surface area contributed by atoms with Gasteiger partial charge in [-0.05, 0) is 6.08 Å². The summed E-state index contributed by atoms with van der Waals surface area (Å²) in [6, 6.07) is 0. The largest absolute Gasteiger partial charge is 0.464 e. The van der Waals surface area contributed by atoms with Gasteiger partial charge in [-0.25, -0.2) is 4.79 Å². The highest BCUT2D eigenvalue weighted by Gasteiger charge is 2.19. The Bertz CT molecular complexity index is 242. The van der Waals surface area contributed by atoms with Gasteiger partial charge < -0.3 is 14.4 Å². The van der Waals surface area contributed by atoms with Gasteiger partial charge in [0.25, 0.3) is 0 Å². The van der Waals surface area contributed by atoms with Crippen molar-refractivity contribution in [2.75, 3.05) is 33.4 Å². The first-order valence-corrected chi connectivity index (χ1v) is 4.53. The molecule has 0 aromatic rings. The van der Waals surface area contributed by atoms with Gasteiger partial charge in [0, 0.05) is 13.1 Å². The summed E-state index contributed by atoms with van der Waals surface area (Å²) in [6.07, 6.45) is 3.25. The summed E-state index contributed by atoms with van der Waals surface area (Å²) in [5.74, 6) is -0.327. The first-order chi connectivity index (χ1) is 6.79. The average Bonchev–Trinajstić information content (AvgIpc) is 2.26. The van der Waals surface area contributed by atoms with Crippen molar-refractivity contribution in [1.29, 1.82) is 0 Å². The molecule has 1 aliphatic rings. The molecule has 0 saturated carbocycles. The number of allylic oxidation sites excluding steroid dienone is 2. The minimum atomic E-state index is -0.327. The van der Waals surface area contributed by atoms with Crippen molar-refractivity contribution in [3.63, 3.8) is 0 Å². The quantitative estimate of drug-likeness (QED) is 0.376. The van der Waals surface area contributed by atoms with Crippen molar-refractivity contribution in [2.24, 2.45) is 0 Å². The molecule has 0 amide bonds. The Morgan fingerprint density at radius 1 is 1.50 bits per heavy atom. The van der Waals surface area contributed by atoms with Crippen molar-refractivity contribution in [3.05, 3.63) is 24.4 Å². The van der Waals surface area contributed by atoms with Gasteiger partial charge in [0.1, 0.15) is 5.70 Å². The van der Waals surface area contributed by atoms with E-state index in [4.69, 9.17) is 4.74 Å². The lowest BCUT2D eigenvalue weighted by molar-refractivity contribution is -0.138. The van der Waals surface area contributed by atoms with Gasteiger partial charge in [-0.1, -0.05) is 12.7 Å². The molecular weight excluding hydrogens is 182 g/mol. The molecule has 0 aromatic heterocycles. The summed E-state index contributed by atoms with van der Waals surface area (Å²) in [7, 11) is 1.37. The molecule has 1 rings (SSSR count). The number of nitrogens with zero attached hydrogens (tertiary/aromatic N) is 1. The second kappa shape index (κ2) is 5.44. The van der Waals surface area contributed by atoms with Crippen molar-refractivity contribution >= 4 is 5.97 Å². The summed E-state index contributed by atoms with van der Waals surface area (Å²) in [5.41, 5.74) is 0.547. The van der Waals surface area contributed by atoms with Crippen molar-refractivity contribution in [1.82, 2.24) is 4.90 Å². The Morgan fingerprint density at radius 2 is 2.14 bits per heavy atom. The molecule has 0 radical (unpaired) electrons. The summed E-state index contributed by atoms with van der Waals surface area (Å²) < 4.78 is 9.88. The zero-order valence-corrected chi connectivity index (χ0v) is 8.36. The number of carbonyl (C=O) groups excluding carboxylic acids is 1. The van der Waals surface area contributed by atoms with Crippen LogP contribution in [-0.2, 0) is 14.3 Å². The predicted octanol–water partition coefficient (Wildman–Crippen LogP) is 0.561. The summed E-state index contributed by atoms with van der Waals surface area (Å²) in [5, 5.41) is 0. The van der Waals surface area contributed by atoms with Crippen LogP contribution < -0.4 is 0 Å². The van der Waals surface area contributed by atoms with Crippen LogP contribution >= 0.6 is 0 Å². The van der Waals surface area contributed by atoms with Crippen LogP contribution in [0.25, 0.3) is 0 Å². The second-order valence-corrected chi connectivity index (χ2v) is 2.88. The van der Waals surface area contributed by atoms with Crippen LogP contribution in [0.5, 0.6) is 0 Å². The van der Waals surface area contributed by atoms with Gasteiger partial charge in [0.2, 0.25) is 0 Å². The van der Waals surface area contributed by atoms with Gasteiger partial charge in [0.05, 0.1) is 20.3 Å². The highest BCUT2D eigenvalue weighted by atomic mass is 16.5. The summed E-state index contributed by atoms with van der Waals surface area (Å²) >= 11 is 0. The zero-order valence-electron chi connectivity index (χ0n) is 8.36. The molecule has 0 bridgehead atoms. The number of hydrogen-bond donors (Lipinski definition) is 0. The van der Waals surface area contributed by atoms with E-state index >= 15 is 0 Å². The first kappa shape index (κ1) is 10.8. The van der Waals surface area contributed by atoms with Gasteiger partial charge in [-0.2, -0.15) is 0 Å². The number of methoxy groups -OCH3 is 1. The highest BCUT2D eigenvalue weighted by molar-refractivity contribution is 5.88. The van der Waals surface area contributed by atoms with E-state index in [2.05, 4.69) is 11.3 Å². The molecular formula is C10H15NO3. The van der Waals surface area contributed by atoms with Crippen LogP contribution in [0, 0.1) is 0 Å². The Labute approximate surface area is 83.8 Å². The Hall–Kier alpha value is -1.29. The Balaban J connectivity index is 2.70. The molecule has 0 unspecified atom stereocenters. The molecule has 1 fully saturated rings. The maximum Gasteiger partial charge on any atom is 0.354 e. The van der Waals surface area contributed by atoms with E-state index in [1.165, 1.54) is 7.11 Å². The lowest BCUT2D eigenvalue weighted by Gasteiger charge is -2.29. The third kappa shape index (κ3) is 2.60. The molecule has 78 valence electrons. The Kier molecular flexibility index (Phi) is 4.19. The van der Waals surface area contributed by atoms with Crippen LogP contribution in [0.2, 0.25) is 0 Å². The topological polar surface area (TPSA) is 38.8 Å². The van der Waals surface area contributed by atoms with Crippen molar-refractivity contribution in [2.45, 2.75) is 0 Å². The monoisotopic (exact) mass is 197 g/mol. The molecule has 4 heteroatoms. The standard InChI is InChI=1S/C10H15NO3/c1-3-4-9(10(12)13-2)11-5-7-14-8-6-11/h3-4H,1,5-8H2,2H3/b9-4+. The second-order valence-electron chi connectivity index (χ2n) is 2.88. The third-order valence-electron chi connectivity index (χ3n) is 2.02. The number of rotatable bonds is 3. The van der Waals surface area contributed by atoms with Crippen LogP contribution in [0.1, 0.15) is 0 Å². The number of esters is 1. The normalized spacial score (nSPS) is 17.8. The van der Waals surface area contributed by atoms with Crippen LogP contribution in [0.3, 0.4) is 0 Å². The van der Waals surface area contributed by atoms with Gasteiger partial charge in [0.15, 0.2) is 0 Å². The molecule has 0 atom stereocenters. The SMILES string of the molecule is C=C/C=C(\C(=O)OC)N1CCOCC1. The van der Waals surface area contributed by atoms with E-state index in [0.29, 0.717) is 18.9 Å². The minimum absolute atomic E-state index is 0.327. The van der Waals surface area contributed by atoms with Crippen LogP contribution in [-0.4, -0.2) is 44.3 Å². The van der Waals surface area contributed by atoms with Gasteiger partial charge in [-0.3, -0.25) is 0 Å². The Morgan fingerprint density at radius 3 is 2.64 bits per heavy atom. The maximum absolute atomic E-state index is 11.4. The molecule has 0 N–H and O–H groups in total. The summed E-state index contributed by atoms with van der Waals surface area (Å²) in [6.45, 7) is 6.29. The van der Waals surface area contributed by atoms with Gasteiger partial charge in [-0.15, -0.1) is 0 Å². The number of carbonyl (C=O) groups is 1. The van der Waals surface area contributed by atoms with Crippen LogP contribution in [0.4, 0.5) is 0 Å². The minimum Gasteiger partial charge on any atom is -0.464 e. The number of morpholine rings is 1. The molecule has 1 saturated heterocycles. The van der Waals surface area contributed by atoms with E-state index in [-0.39, 0.29) is 5.97 Å². The van der Waals surface area contributed by atoms with Crippen LogP contribution in [0.15, 0.2) is 24.4 Å². The van der Waals surface area contributed by atoms with Crippen molar-refractivity contribution < 1.29 is 14.3 Å². The van der Waals surface area contributed by atoms with E-state index < -0.39 is 0 Å². The van der Waals surface area contributed by atoms with Gasteiger partial charge >= 0.3 is 5.97 Å².